The van der Waals surface area contributed by atoms with Gasteiger partial charge in [-0.15, -0.1) is 0 Å². The number of hydrogen-bond donors (Lipinski definition) is 1. The lowest BCUT2D eigenvalue weighted by atomic mass is 9.81. The van der Waals surface area contributed by atoms with Gasteiger partial charge >= 0.3 is 0 Å². The molecule has 0 bridgehead atoms. The van der Waals surface area contributed by atoms with E-state index >= 15 is 0 Å². The van der Waals surface area contributed by atoms with Crippen molar-refractivity contribution >= 4 is 5.69 Å². The molecule has 0 aliphatic heterocycles. The summed E-state index contributed by atoms with van der Waals surface area (Å²) in [6.45, 7) is 6.51. The second kappa shape index (κ2) is 3.60. The zero-order valence-corrected chi connectivity index (χ0v) is 9.17. The molecule has 0 atom stereocenters. The first-order valence-electron chi connectivity index (χ1n) is 5.35. The molecule has 1 aromatic heterocycles. The van der Waals surface area contributed by atoms with Gasteiger partial charge in [0.2, 0.25) is 0 Å². The van der Waals surface area contributed by atoms with Gasteiger partial charge in [-0.1, -0.05) is 6.92 Å². The normalized spacial score (nSPS) is 25.6. The Bertz CT molecular complexity index is 307. The molecule has 2 nitrogen and oxygen atoms in total. The summed E-state index contributed by atoms with van der Waals surface area (Å²) in [5.74, 6) is 0.893. The minimum atomic E-state index is 0.673. The molecule has 0 spiro atoms. The standard InChI is InChI=1S/C12H18N2/c1-8-6-11(7-8)14-12-9(2)4-5-13-10(12)3/h4-5,8,11,14H,6-7H2,1-3H3. The lowest BCUT2D eigenvalue weighted by Crippen LogP contribution is -2.34. The zero-order chi connectivity index (χ0) is 10.1. The molecule has 1 fully saturated rings. The van der Waals surface area contributed by atoms with E-state index in [0.717, 1.165) is 11.6 Å². The number of hydrogen-bond acceptors (Lipinski definition) is 2. The predicted octanol–water partition coefficient (Wildman–Crippen LogP) is 2.91. The largest absolute Gasteiger partial charge is 0.381 e. The average Bonchev–Trinajstić information content (AvgIpc) is 2.08. The highest BCUT2D eigenvalue weighted by molar-refractivity contribution is 5.54. The Hall–Kier alpha value is -1.05. The minimum absolute atomic E-state index is 0.673. The van der Waals surface area contributed by atoms with Crippen molar-refractivity contribution in [2.45, 2.75) is 39.7 Å². The van der Waals surface area contributed by atoms with Crippen LogP contribution < -0.4 is 5.32 Å². The van der Waals surface area contributed by atoms with Gasteiger partial charge in [0, 0.05) is 12.2 Å². The monoisotopic (exact) mass is 190 g/mol. The maximum Gasteiger partial charge on any atom is 0.0606 e. The quantitative estimate of drug-likeness (QED) is 0.775. The lowest BCUT2D eigenvalue weighted by molar-refractivity contribution is 0.309. The molecule has 0 aromatic carbocycles. The van der Waals surface area contributed by atoms with Crippen molar-refractivity contribution in [1.82, 2.24) is 4.98 Å². The van der Waals surface area contributed by atoms with Crippen LogP contribution in [0.5, 0.6) is 0 Å². The van der Waals surface area contributed by atoms with E-state index < -0.39 is 0 Å². The van der Waals surface area contributed by atoms with E-state index in [9.17, 15) is 0 Å². The Morgan fingerprint density at radius 3 is 2.64 bits per heavy atom. The SMILES string of the molecule is Cc1ccnc(C)c1NC1CC(C)C1. The summed E-state index contributed by atoms with van der Waals surface area (Å²) >= 11 is 0. The molecule has 1 aliphatic carbocycles. The molecule has 0 unspecified atom stereocenters. The summed E-state index contributed by atoms with van der Waals surface area (Å²) in [5.41, 5.74) is 3.66. The first-order chi connectivity index (χ1) is 6.66. The highest BCUT2D eigenvalue weighted by atomic mass is 15.0. The van der Waals surface area contributed by atoms with Crippen molar-refractivity contribution in [3.63, 3.8) is 0 Å². The molecule has 76 valence electrons. The fourth-order valence-corrected chi connectivity index (χ4v) is 2.14. The number of nitrogens with one attached hydrogen (secondary N) is 1. The Balaban J connectivity index is 2.09. The number of aromatic nitrogens is 1. The maximum absolute atomic E-state index is 4.31. The van der Waals surface area contributed by atoms with E-state index in [2.05, 4.69) is 37.1 Å². The molecular formula is C12H18N2. The second-order valence-electron chi connectivity index (χ2n) is 4.51. The van der Waals surface area contributed by atoms with Crippen molar-refractivity contribution < 1.29 is 0 Å². The molecule has 2 heteroatoms. The molecule has 1 aromatic rings. The van der Waals surface area contributed by atoms with Crippen molar-refractivity contribution in [2.75, 3.05) is 5.32 Å². The van der Waals surface area contributed by atoms with Gasteiger partial charge in [0.25, 0.3) is 0 Å². The first-order valence-corrected chi connectivity index (χ1v) is 5.35. The molecule has 0 saturated heterocycles. The van der Waals surface area contributed by atoms with Crippen LogP contribution in [0.2, 0.25) is 0 Å². The molecular weight excluding hydrogens is 172 g/mol. The second-order valence-corrected chi connectivity index (χ2v) is 4.51. The number of pyridine rings is 1. The fourth-order valence-electron chi connectivity index (χ4n) is 2.14. The van der Waals surface area contributed by atoms with Gasteiger partial charge in [0.1, 0.15) is 0 Å². The molecule has 1 N–H and O–H groups in total. The van der Waals surface area contributed by atoms with Gasteiger partial charge in [-0.05, 0) is 44.2 Å². The van der Waals surface area contributed by atoms with Gasteiger partial charge in [0.05, 0.1) is 11.4 Å². The summed E-state index contributed by atoms with van der Waals surface area (Å²) in [6, 6.07) is 2.74. The van der Waals surface area contributed by atoms with E-state index in [-0.39, 0.29) is 0 Å². The van der Waals surface area contributed by atoms with Crippen molar-refractivity contribution in [3.05, 3.63) is 23.5 Å². The third kappa shape index (κ3) is 1.74. The van der Waals surface area contributed by atoms with Crippen molar-refractivity contribution in [2.24, 2.45) is 5.92 Å². The van der Waals surface area contributed by atoms with Crippen LogP contribution in [0.3, 0.4) is 0 Å². The summed E-state index contributed by atoms with van der Waals surface area (Å²) in [4.78, 5) is 4.31. The van der Waals surface area contributed by atoms with Crippen LogP contribution in [-0.2, 0) is 0 Å². The van der Waals surface area contributed by atoms with E-state index in [1.165, 1.54) is 24.1 Å². The number of rotatable bonds is 2. The predicted molar refractivity (Wildman–Crippen MR) is 59.5 cm³/mol. The topological polar surface area (TPSA) is 24.9 Å². The van der Waals surface area contributed by atoms with Crippen LogP contribution in [0, 0.1) is 19.8 Å². The lowest BCUT2D eigenvalue weighted by Gasteiger charge is -2.34. The highest BCUT2D eigenvalue weighted by Gasteiger charge is 2.25. The Morgan fingerprint density at radius 2 is 2.07 bits per heavy atom. The Labute approximate surface area is 85.7 Å². The molecule has 2 rings (SSSR count). The van der Waals surface area contributed by atoms with Crippen LogP contribution in [0.15, 0.2) is 12.3 Å². The van der Waals surface area contributed by atoms with E-state index in [0.29, 0.717) is 6.04 Å². The summed E-state index contributed by atoms with van der Waals surface area (Å²) < 4.78 is 0. The van der Waals surface area contributed by atoms with Crippen LogP contribution in [-0.4, -0.2) is 11.0 Å². The van der Waals surface area contributed by atoms with E-state index in [1.807, 2.05) is 6.20 Å². The fraction of sp³-hybridized carbons (Fsp3) is 0.583. The van der Waals surface area contributed by atoms with Gasteiger partial charge in [-0.3, -0.25) is 4.98 Å². The van der Waals surface area contributed by atoms with Gasteiger partial charge in [-0.25, -0.2) is 0 Å². The van der Waals surface area contributed by atoms with Crippen molar-refractivity contribution in [3.8, 4) is 0 Å². The van der Waals surface area contributed by atoms with E-state index in [4.69, 9.17) is 0 Å². The molecule has 1 aliphatic rings. The van der Waals surface area contributed by atoms with Gasteiger partial charge < -0.3 is 5.32 Å². The number of aryl methyl sites for hydroxylation is 2. The van der Waals surface area contributed by atoms with Gasteiger partial charge in [0.15, 0.2) is 0 Å². The number of nitrogens with zero attached hydrogens (tertiary/aromatic N) is 1. The molecule has 1 heterocycles. The van der Waals surface area contributed by atoms with Crippen LogP contribution >= 0.6 is 0 Å². The molecule has 1 saturated carbocycles. The molecule has 0 radical (unpaired) electrons. The smallest absolute Gasteiger partial charge is 0.0606 e. The first kappa shape index (κ1) is 9.50. The van der Waals surface area contributed by atoms with Crippen molar-refractivity contribution in [1.29, 1.82) is 0 Å². The minimum Gasteiger partial charge on any atom is -0.381 e. The molecule has 0 amide bonds. The van der Waals surface area contributed by atoms with Crippen LogP contribution in [0.4, 0.5) is 5.69 Å². The highest BCUT2D eigenvalue weighted by Crippen LogP contribution is 2.31. The third-order valence-electron chi connectivity index (χ3n) is 3.07. The zero-order valence-electron chi connectivity index (χ0n) is 9.17. The van der Waals surface area contributed by atoms with Crippen LogP contribution in [0.25, 0.3) is 0 Å². The van der Waals surface area contributed by atoms with E-state index in [1.54, 1.807) is 0 Å². The summed E-state index contributed by atoms with van der Waals surface area (Å²) in [6.07, 6.45) is 4.47. The van der Waals surface area contributed by atoms with Gasteiger partial charge in [-0.2, -0.15) is 0 Å². The maximum atomic E-state index is 4.31. The molecule has 14 heavy (non-hydrogen) atoms. The average molecular weight is 190 g/mol. The Kier molecular flexibility index (Phi) is 2.44. The van der Waals surface area contributed by atoms with Crippen LogP contribution in [0.1, 0.15) is 31.0 Å². The summed E-state index contributed by atoms with van der Waals surface area (Å²) in [5, 5.41) is 3.58. The third-order valence-corrected chi connectivity index (χ3v) is 3.07. The number of anilines is 1. The summed E-state index contributed by atoms with van der Waals surface area (Å²) in [7, 11) is 0. The Morgan fingerprint density at radius 1 is 1.36 bits per heavy atom.